The Balaban J connectivity index is 2.00. The van der Waals surface area contributed by atoms with E-state index in [1.165, 1.54) is 0 Å². The van der Waals surface area contributed by atoms with Crippen molar-refractivity contribution in [3.05, 3.63) is 60.2 Å². The molecule has 0 atom stereocenters. The molecule has 0 bridgehead atoms. The molecule has 2 aromatic carbocycles. The summed E-state index contributed by atoms with van der Waals surface area (Å²) in [7, 11) is 0. The number of carbonyl (C=O) groups is 1. The number of ether oxygens (including phenoxy) is 1. The van der Waals surface area contributed by atoms with Gasteiger partial charge in [0.15, 0.2) is 0 Å². The minimum Gasteiger partial charge on any atom is -0.489 e. The molecule has 0 saturated heterocycles. The second kappa shape index (κ2) is 6.75. The zero-order chi connectivity index (χ0) is 14.4. The Morgan fingerprint density at radius 3 is 2.25 bits per heavy atom. The maximum absolute atomic E-state index is 11.5. The lowest BCUT2D eigenvalue weighted by Crippen LogP contribution is -2.27. The average molecular weight is 269 g/mol. The fourth-order valence-electron chi connectivity index (χ4n) is 2.05. The van der Waals surface area contributed by atoms with Crippen LogP contribution in [0.4, 0.5) is 5.69 Å². The van der Waals surface area contributed by atoms with Crippen molar-refractivity contribution in [3.63, 3.8) is 0 Å². The average Bonchev–Trinajstić information content (AvgIpc) is 2.48. The van der Waals surface area contributed by atoms with Crippen molar-refractivity contribution in [1.29, 1.82) is 0 Å². The summed E-state index contributed by atoms with van der Waals surface area (Å²) >= 11 is 0. The highest BCUT2D eigenvalue weighted by Gasteiger charge is 2.08. The first-order valence-electron chi connectivity index (χ1n) is 6.75. The van der Waals surface area contributed by atoms with Crippen molar-refractivity contribution >= 4 is 11.6 Å². The summed E-state index contributed by atoms with van der Waals surface area (Å²) in [6, 6.07) is 17.6. The molecule has 0 N–H and O–H groups in total. The van der Waals surface area contributed by atoms with Gasteiger partial charge >= 0.3 is 0 Å². The van der Waals surface area contributed by atoms with E-state index in [0.29, 0.717) is 13.2 Å². The third-order valence-corrected chi connectivity index (χ3v) is 3.09. The van der Waals surface area contributed by atoms with Crippen LogP contribution in [0.2, 0.25) is 0 Å². The van der Waals surface area contributed by atoms with Gasteiger partial charge in [0.25, 0.3) is 0 Å². The molecule has 104 valence electrons. The molecule has 0 aliphatic heterocycles. The molecule has 0 aliphatic carbocycles. The van der Waals surface area contributed by atoms with Crippen LogP contribution < -0.4 is 9.64 Å². The number of hydrogen-bond donors (Lipinski definition) is 0. The number of amides is 1. The van der Waals surface area contributed by atoms with Crippen LogP contribution in [-0.4, -0.2) is 12.5 Å². The number of nitrogens with zero attached hydrogens (tertiary/aromatic N) is 1. The zero-order valence-corrected chi connectivity index (χ0v) is 11.9. The van der Waals surface area contributed by atoms with E-state index in [4.69, 9.17) is 4.74 Å². The molecule has 3 heteroatoms. The molecule has 2 aromatic rings. The Kier molecular flexibility index (Phi) is 4.77. The summed E-state index contributed by atoms with van der Waals surface area (Å²) in [5.74, 6) is 0.850. The summed E-state index contributed by atoms with van der Waals surface area (Å²) in [6.07, 6.45) is 0. The second-order valence-corrected chi connectivity index (χ2v) is 4.53. The molecule has 0 aliphatic rings. The molecule has 0 fully saturated rings. The van der Waals surface area contributed by atoms with Gasteiger partial charge in [-0.15, -0.1) is 0 Å². The zero-order valence-electron chi connectivity index (χ0n) is 11.9. The molecule has 2 rings (SSSR count). The molecular formula is C17H19NO2. The van der Waals surface area contributed by atoms with Gasteiger partial charge in [0.1, 0.15) is 12.4 Å². The molecule has 0 saturated carbocycles. The van der Waals surface area contributed by atoms with Gasteiger partial charge in [0.2, 0.25) is 5.91 Å². The van der Waals surface area contributed by atoms with Gasteiger partial charge in [-0.25, -0.2) is 0 Å². The van der Waals surface area contributed by atoms with Gasteiger partial charge in [-0.3, -0.25) is 4.79 Å². The Morgan fingerprint density at radius 2 is 1.70 bits per heavy atom. The van der Waals surface area contributed by atoms with Gasteiger partial charge in [-0.2, -0.15) is 0 Å². The molecule has 20 heavy (non-hydrogen) atoms. The summed E-state index contributed by atoms with van der Waals surface area (Å²) < 4.78 is 5.72. The standard InChI is InChI=1S/C17H19NO2/c1-3-18(14(2)19)16-9-11-17(12-10-16)20-13-15-7-5-4-6-8-15/h4-12H,3,13H2,1-2H3. The number of hydrogen-bond acceptors (Lipinski definition) is 2. The van der Waals surface area contributed by atoms with E-state index in [1.54, 1.807) is 11.8 Å². The predicted molar refractivity (Wildman–Crippen MR) is 80.9 cm³/mol. The van der Waals surface area contributed by atoms with Gasteiger partial charge in [-0.05, 0) is 36.8 Å². The van der Waals surface area contributed by atoms with Gasteiger partial charge < -0.3 is 9.64 Å². The van der Waals surface area contributed by atoms with Crippen LogP contribution in [0.25, 0.3) is 0 Å². The molecule has 0 spiro atoms. The summed E-state index contributed by atoms with van der Waals surface area (Å²) in [6.45, 7) is 4.74. The number of carbonyl (C=O) groups excluding carboxylic acids is 1. The first-order chi connectivity index (χ1) is 9.70. The highest BCUT2D eigenvalue weighted by Crippen LogP contribution is 2.20. The topological polar surface area (TPSA) is 29.5 Å². The SMILES string of the molecule is CCN(C(C)=O)c1ccc(OCc2ccccc2)cc1. The first kappa shape index (κ1) is 14.1. The lowest BCUT2D eigenvalue weighted by atomic mass is 10.2. The van der Waals surface area contributed by atoms with E-state index >= 15 is 0 Å². The second-order valence-electron chi connectivity index (χ2n) is 4.53. The van der Waals surface area contributed by atoms with E-state index in [9.17, 15) is 4.79 Å². The highest BCUT2D eigenvalue weighted by atomic mass is 16.5. The molecule has 3 nitrogen and oxygen atoms in total. The van der Waals surface area contributed by atoms with Crippen molar-refractivity contribution in [3.8, 4) is 5.75 Å². The van der Waals surface area contributed by atoms with Crippen molar-refractivity contribution < 1.29 is 9.53 Å². The largest absolute Gasteiger partial charge is 0.489 e. The summed E-state index contributed by atoms with van der Waals surface area (Å²) in [5.41, 5.74) is 2.03. The quantitative estimate of drug-likeness (QED) is 0.829. The fraction of sp³-hybridized carbons (Fsp3) is 0.235. The van der Waals surface area contributed by atoms with Crippen LogP contribution in [-0.2, 0) is 11.4 Å². The molecule has 1 amide bonds. The monoisotopic (exact) mass is 269 g/mol. The van der Waals surface area contributed by atoms with Crippen LogP contribution in [0.15, 0.2) is 54.6 Å². The fourth-order valence-corrected chi connectivity index (χ4v) is 2.05. The van der Waals surface area contributed by atoms with Gasteiger partial charge in [0, 0.05) is 19.2 Å². The molecule has 0 aromatic heterocycles. The summed E-state index contributed by atoms with van der Waals surface area (Å²) in [5, 5.41) is 0. The summed E-state index contributed by atoms with van der Waals surface area (Å²) in [4.78, 5) is 13.2. The lowest BCUT2D eigenvalue weighted by molar-refractivity contribution is -0.116. The maximum Gasteiger partial charge on any atom is 0.223 e. The van der Waals surface area contributed by atoms with Gasteiger partial charge in [0.05, 0.1) is 0 Å². The number of anilines is 1. The van der Waals surface area contributed by atoms with Crippen LogP contribution in [0.5, 0.6) is 5.75 Å². The third-order valence-electron chi connectivity index (χ3n) is 3.09. The molecule has 0 heterocycles. The highest BCUT2D eigenvalue weighted by molar-refractivity contribution is 5.91. The van der Waals surface area contributed by atoms with Crippen LogP contribution in [0, 0.1) is 0 Å². The third kappa shape index (κ3) is 3.60. The van der Waals surface area contributed by atoms with E-state index in [0.717, 1.165) is 17.0 Å². The van der Waals surface area contributed by atoms with Crippen molar-refractivity contribution in [1.82, 2.24) is 0 Å². The van der Waals surface area contributed by atoms with Crippen LogP contribution in [0.1, 0.15) is 19.4 Å². The van der Waals surface area contributed by atoms with E-state index in [2.05, 4.69) is 0 Å². The molecular weight excluding hydrogens is 250 g/mol. The van der Waals surface area contributed by atoms with Crippen LogP contribution >= 0.6 is 0 Å². The van der Waals surface area contributed by atoms with Crippen LogP contribution in [0.3, 0.4) is 0 Å². The Hall–Kier alpha value is -2.29. The maximum atomic E-state index is 11.5. The predicted octanol–water partition coefficient (Wildman–Crippen LogP) is 3.64. The normalized spacial score (nSPS) is 10.1. The Bertz CT molecular complexity index is 549. The lowest BCUT2D eigenvalue weighted by Gasteiger charge is -2.19. The van der Waals surface area contributed by atoms with Crippen molar-refractivity contribution in [2.45, 2.75) is 20.5 Å². The minimum atomic E-state index is 0.0467. The van der Waals surface area contributed by atoms with E-state index in [-0.39, 0.29) is 5.91 Å². The number of benzene rings is 2. The smallest absolute Gasteiger partial charge is 0.223 e. The molecule has 0 unspecified atom stereocenters. The Morgan fingerprint density at radius 1 is 1.05 bits per heavy atom. The number of rotatable bonds is 5. The van der Waals surface area contributed by atoms with E-state index < -0.39 is 0 Å². The van der Waals surface area contributed by atoms with Gasteiger partial charge in [-0.1, -0.05) is 30.3 Å². The minimum absolute atomic E-state index is 0.0467. The van der Waals surface area contributed by atoms with Crippen molar-refractivity contribution in [2.75, 3.05) is 11.4 Å². The van der Waals surface area contributed by atoms with E-state index in [1.807, 2.05) is 61.5 Å². The van der Waals surface area contributed by atoms with Crippen molar-refractivity contribution in [2.24, 2.45) is 0 Å². The molecule has 0 radical (unpaired) electrons. The first-order valence-corrected chi connectivity index (χ1v) is 6.75. The Labute approximate surface area is 119 Å².